The predicted molar refractivity (Wildman–Crippen MR) is 124 cm³/mol. The Bertz CT molecular complexity index is 705. The van der Waals surface area contributed by atoms with Crippen LogP contribution in [0.25, 0.3) is 0 Å². The Balaban J connectivity index is 0.000000704. The first kappa shape index (κ1) is 26.0. The van der Waals surface area contributed by atoms with Crippen LogP contribution in [-0.4, -0.2) is 8.80 Å². The molecule has 4 rings (SSSR count). The number of allylic oxidation sites excluding steroid dienone is 4. The van der Waals surface area contributed by atoms with Gasteiger partial charge in [-0.15, -0.1) is 18.1 Å². The van der Waals surface area contributed by atoms with E-state index in [1.165, 1.54) is 15.6 Å². The summed E-state index contributed by atoms with van der Waals surface area (Å²) in [5.41, 5.74) is 0. The largest absolute Gasteiger partial charge is 0.358 e. The van der Waals surface area contributed by atoms with Gasteiger partial charge in [0.25, 0.3) is 0 Å². The Morgan fingerprint density at radius 2 is 0.821 bits per heavy atom. The fourth-order valence-corrected chi connectivity index (χ4v) is 5.37. The molecule has 2 heteroatoms. The number of hydrogen-bond acceptors (Lipinski definition) is 0. The summed E-state index contributed by atoms with van der Waals surface area (Å²) in [4.78, 5) is 0. The molecule has 0 aliphatic heterocycles. The van der Waals surface area contributed by atoms with Gasteiger partial charge in [-0.25, -0.2) is 0 Å². The molecule has 3 aromatic rings. The van der Waals surface area contributed by atoms with Gasteiger partial charge < -0.3 is 21.8 Å². The minimum absolute atomic E-state index is 0. The molecule has 0 fully saturated rings. The van der Waals surface area contributed by atoms with Crippen molar-refractivity contribution in [1.82, 2.24) is 0 Å². The van der Waals surface area contributed by atoms with Gasteiger partial charge >= 0.3 is 0 Å². The summed E-state index contributed by atoms with van der Waals surface area (Å²) in [6, 6.07) is 32.5. The van der Waals surface area contributed by atoms with Gasteiger partial charge in [-0.05, 0) is 0 Å². The zero-order valence-electron chi connectivity index (χ0n) is 16.6. The molecule has 0 spiro atoms. The van der Waals surface area contributed by atoms with Gasteiger partial charge in [-0.3, -0.25) is 0 Å². The van der Waals surface area contributed by atoms with Crippen molar-refractivity contribution in [2.75, 3.05) is 0 Å². The quantitative estimate of drug-likeness (QED) is 0.247. The first-order valence-electron chi connectivity index (χ1n) is 8.56. The predicted octanol–water partition coefficient (Wildman–Crippen LogP) is 4.66. The molecular weight excluding hydrogens is 535 g/mol. The third-order valence-corrected chi connectivity index (χ3v) is 6.75. The van der Waals surface area contributed by atoms with Crippen molar-refractivity contribution in [2.45, 2.75) is 0 Å². The summed E-state index contributed by atoms with van der Waals surface area (Å²) in [7, 11) is -0.877. The second-order valence-corrected chi connectivity index (χ2v) is 8.39. The SMILES string of the molecule is [CH2-]C1C=CC=C1.[CH3-].[CH3-].[Pt].c1ccc([Si](c2ccccc2)c2ccccc2)cc1. The molecule has 1 aliphatic rings. The molecule has 0 unspecified atom stereocenters. The fourth-order valence-electron chi connectivity index (χ4n) is 2.79. The summed E-state index contributed by atoms with van der Waals surface area (Å²) in [6.07, 6.45) is 8.13. The number of benzene rings is 3. The van der Waals surface area contributed by atoms with Crippen molar-refractivity contribution >= 4 is 24.4 Å². The van der Waals surface area contributed by atoms with Crippen LogP contribution >= 0.6 is 0 Å². The molecule has 28 heavy (non-hydrogen) atoms. The normalized spacial score (nSPS) is 11.5. The van der Waals surface area contributed by atoms with Gasteiger partial charge in [-0.2, -0.15) is 0 Å². The fraction of sp³-hybridized carbons (Fsp3) is 0.0385. The van der Waals surface area contributed by atoms with Crippen LogP contribution in [-0.2, 0) is 21.1 Å². The molecule has 0 N–H and O–H groups in total. The van der Waals surface area contributed by atoms with E-state index < -0.39 is 8.80 Å². The zero-order valence-corrected chi connectivity index (χ0v) is 19.8. The average Bonchev–Trinajstić information content (AvgIpc) is 3.16. The van der Waals surface area contributed by atoms with E-state index in [1.807, 2.05) is 12.2 Å². The monoisotopic (exact) mass is 563 g/mol. The summed E-state index contributed by atoms with van der Waals surface area (Å²) in [6.45, 7) is 3.76. The minimum atomic E-state index is -0.877. The van der Waals surface area contributed by atoms with Crippen LogP contribution in [0.15, 0.2) is 115 Å². The van der Waals surface area contributed by atoms with Crippen molar-refractivity contribution in [2.24, 2.45) is 5.92 Å². The standard InChI is InChI=1S/C18H15Si.C6H7.2CH3.Pt/c1-4-10-16(11-5-1)19(17-12-6-2-7-13-17)18-14-8-3-9-15-18;1-6-4-2-3-5-6;;;/h1-15H;2-6H,1H2;2*1H3;/q;3*-1;. The molecule has 1 aliphatic carbocycles. The van der Waals surface area contributed by atoms with Gasteiger partial charge in [0.2, 0.25) is 0 Å². The second-order valence-electron chi connectivity index (χ2n) is 5.91. The maximum Gasteiger partial charge on any atom is 0.154 e. The van der Waals surface area contributed by atoms with Crippen LogP contribution in [0.5, 0.6) is 0 Å². The first-order valence-corrected chi connectivity index (χ1v) is 10.1. The van der Waals surface area contributed by atoms with E-state index in [1.54, 1.807) is 0 Å². The van der Waals surface area contributed by atoms with E-state index in [9.17, 15) is 0 Å². The molecule has 0 atom stereocenters. The van der Waals surface area contributed by atoms with E-state index >= 15 is 0 Å². The van der Waals surface area contributed by atoms with Crippen molar-refractivity contribution in [3.05, 3.63) is 137 Å². The maximum atomic E-state index is 3.76. The van der Waals surface area contributed by atoms with Crippen molar-refractivity contribution in [3.8, 4) is 0 Å². The van der Waals surface area contributed by atoms with Crippen LogP contribution in [0.1, 0.15) is 0 Å². The van der Waals surface area contributed by atoms with E-state index in [-0.39, 0.29) is 35.9 Å². The third-order valence-electron chi connectivity index (χ3n) is 4.02. The molecule has 0 saturated carbocycles. The molecule has 0 aromatic heterocycles. The van der Waals surface area contributed by atoms with E-state index in [0.29, 0.717) is 5.92 Å². The Hall–Kier alpha value is -1.95. The molecule has 0 heterocycles. The topological polar surface area (TPSA) is 0 Å². The van der Waals surface area contributed by atoms with Crippen LogP contribution in [0.4, 0.5) is 0 Å². The molecule has 149 valence electrons. The molecule has 0 saturated heterocycles. The van der Waals surface area contributed by atoms with Crippen molar-refractivity contribution in [1.29, 1.82) is 0 Å². The number of rotatable bonds is 3. The van der Waals surface area contributed by atoms with Gasteiger partial charge in [0, 0.05) is 21.1 Å². The molecule has 3 aromatic carbocycles. The van der Waals surface area contributed by atoms with Crippen molar-refractivity contribution < 1.29 is 21.1 Å². The average molecular weight is 564 g/mol. The molecule has 0 amide bonds. The second kappa shape index (κ2) is 14.1. The summed E-state index contributed by atoms with van der Waals surface area (Å²) in [5.74, 6) is 0.435. The number of hydrogen-bond donors (Lipinski definition) is 0. The molecule has 0 nitrogen and oxygen atoms in total. The van der Waals surface area contributed by atoms with E-state index in [0.717, 1.165) is 0 Å². The smallest absolute Gasteiger partial charge is 0.154 e. The van der Waals surface area contributed by atoms with E-state index in [4.69, 9.17) is 0 Å². The van der Waals surface area contributed by atoms with Crippen LogP contribution < -0.4 is 15.6 Å². The third kappa shape index (κ3) is 7.58. The van der Waals surface area contributed by atoms with Gasteiger partial charge in [-0.1, -0.05) is 119 Å². The van der Waals surface area contributed by atoms with Gasteiger partial charge in [0.1, 0.15) is 0 Å². The first-order chi connectivity index (χ1) is 12.3. The molecular formula is C26H28PtSi-3. The Kier molecular flexibility index (Phi) is 13.1. The summed E-state index contributed by atoms with van der Waals surface area (Å²) < 4.78 is 0. The molecule has 1 radical (unpaired) electrons. The molecule has 0 bridgehead atoms. The van der Waals surface area contributed by atoms with Crippen molar-refractivity contribution in [3.63, 3.8) is 0 Å². The van der Waals surface area contributed by atoms with Crippen LogP contribution in [0, 0.1) is 27.7 Å². The minimum Gasteiger partial charge on any atom is -0.358 e. The summed E-state index contributed by atoms with van der Waals surface area (Å²) >= 11 is 0. The Morgan fingerprint density at radius 1 is 0.536 bits per heavy atom. The van der Waals surface area contributed by atoms with Gasteiger partial charge in [0.15, 0.2) is 8.80 Å². The Morgan fingerprint density at radius 3 is 1.04 bits per heavy atom. The van der Waals surface area contributed by atoms with Crippen LogP contribution in [0.2, 0.25) is 0 Å². The maximum absolute atomic E-state index is 3.76. The summed E-state index contributed by atoms with van der Waals surface area (Å²) in [5, 5.41) is 4.31. The Labute approximate surface area is 187 Å². The van der Waals surface area contributed by atoms with E-state index in [2.05, 4.69) is 110 Å². The van der Waals surface area contributed by atoms with Crippen LogP contribution in [0.3, 0.4) is 0 Å². The van der Waals surface area contributed by atoms with Gasteiger partial charge in [0.05, 0.1) is 0 Å². The zero-order chi connectivity index (χ0) is 17.3.